The Labute approximate surface area is 156 Å². The summed E-state index contributed by atoms with van der Waals surface area (Å²) in [5.41, 5.74) is 1.33. The lowest BCUT2D eigenvalue weighted by Gasteiger charge is -2.26. The first-order valence-electron chi connectivity index (χ1n) is 8.60. The van der Waals surface area contributed by atoms with Crippen molar-refractivity contribution in [1.29, 1.82) is 0 Å². The predicted octanol–water partition coefficient (Wildman–Crippen LogP) is 1.18. The summed E-state index contributed by atoms with van der Waals surface area (Å²) in [6.07, 6.45) is 2.40. The van der Waals surface area contributed by atoms with Crippen LogP contribution in [0.5, 0.6) is 0 Å². The molecular formula is C18H21N5O4. The maximum absolute atomic E-state index is 11.9. The Bertz CT molecular complexity index is 748. The molecule has 142 valence electrons. The van der Waals surface area contributed by atoms with E-state index in [2.05, 4.69) is 20.6 Å². The van der Waals surface area contributed by atoms with Crippen LogP contribution in [-0.4, -0.2) is 54.8 Å². The monoisotopic (exact) mass is 371 g/mol. The van der Waals surface area contributed by atoms with Crippen molar-refractivity contribution in [3.8, 4) is 0 Å². The molecule has 1 saturated heterocycles. The highest BCUT2D eigenvalue weighted by molar-refractivity contribution is 5.93. The zero-order valence-electron chi connectivity index (χ0n) is 14.8. The highest BCUT2D eigenvalue weighted by atomic mass is 16.5. The van der Waals surface area contributed by atoms with E-state index >= 15 is 0 Å². The lowest BCUT2D eigenvalue weighted by atomic mass is 10.2. The van der Waals surface area contributed by atoms with Gasteiger partial charge in [0.05, 0.1) is 31.3 Å². The molecule has 0 bridgehead atoms. The molecule has 2 heterocycles. The van der Waals surface area contributed by atoms with Crippen LogP contribution in [0.1, 0.15) is 5.56 Å². The number of hydrogen-bond acceptors (Lipinski definition) is 7. The van der Waals surface area contributed by atoms with E-state index < -0.39 is 12.0 Å². The summed E-state index contributed by atoms with van der Waals surface area (Å²) in [5, 5.41) is 5.02. The van der Waals surface area contributed by atoms with E-state index in [0.29, 0.717) is 24.8 Å². The minimum atomic E-state index is -0.659. The van der Waals surface area contributed by atoms with Crippen LogP contribution in [0.4, 0.5) is 16.4 Å². The van der Waals surface area contributed by atoms with E-state index in [1.54, 1.807) is 0 Å². The van der Waals surface area contributed by atoms with E-state index in [0.717, 1.165) is 18.7 Å². The number of nitrogens with zero attached hydrogens (tertiary/aromatic N) is 3. The van der Waals surface area contributed by atoms with E-state index in [9.17, 15) is 9.59 Å². The number of alkyl carbamates (subject to hydrolysis) is 1. The number of carbonyl (C=O) groups excluding carboxylic acids is 2. The van der Waals surface area contributed by atoms with Gasteiger partial charge in [0, 0.05) is 13.1 Å². The van der Waals surface area contributed by atoms with Gasteiger partial charge in [-0.1, -0.05) is 30.3 Å². The van der Waals surface area contributed by atoms with Crippen molar-refractivity contribution >= 4 is 23.6 Å². The fraction of sp³-hybridized carbons (Fsp3) is 0.333. The van der Waals surface area contributed by atoms with Gasteiger partial charge in [0.2, 0.25) is 11.9 Å². The van der Waals surface area contributed by atoms with Gasteiger partial charge >= 0.3 is 6.09 Å². The summed E-state index contributed by atoms with van der Waals surface area (Å²) in [4.78, 5) is 34.1. The average molecular weight is 371 g/mol. The first-order chi connectivity index (χ1) is 13.2. The van der Waals surface area contributed by atoms with Crippen molar-refractivity contribution in [2.45, 2.75) is 6.61 Å². The number of aromatic nitrogens is 2. The number of anilines is 2. The first kappa shape index (κ1) is 18.6. The third-order valence-corrected chi connectivity index (χ3v) is 3.82. The predicted molar refractivity (Wildman–Crippen MR) is 98.3 cm³/mol. The quantitative estimate of drug-likeness (QED) is 0.785. The van der Waals surface area contributed by atoms with Gasteiger partial charge in [-0.15, -0.1) is 0 Å². The number of hydrogen-bond donors (Lipinski definition) is 2. The molecule has 0 unspecified atom stereocenters. The molecule has 1 aliphatic heterocycles. The third kappa shape index (κ3) is 5.93. The molecule has 0 spiro atoms. The lowest BCUT2D eigenvalue weighted by molar-refractivity contribution is -0.115. The van der Waals surface area contributed by atoms with Crippen LogP contribution >= 0.6 is 0 Å². The molecule has 1 fully saturated rings. The number of amides is 2. The third-order valence-electron chi connectivity index (χ3n) is 3.82. The number of benzene rings is 1. The smallest absolute Gasteiger partial charge is 0.407 e. The molecule has 0 saturated carbocycles. The molecule has 2 amide bonds. The van der Waals surface area contributed by atoms with Crippen LogP contribution in [0, 0.1) is 0 Å². The summed E-state index contributed by atoms with van der Waals surface area (Å²) in [6, 6.07) is 9.29. The second kappa shape index (κ2) is 9.48. The Kier molecular flexibility index (Phi) is 6.53. The Hall–Kier alpha value is -3.20. The van der Waals surface area contributed by atoms with Crippen molar-refractivity contribution in [3.05, 3.63) is 48.3 Å². The Morgan fingerprint density at radius 3 is 2.52 bits per heavy atom. The molecule has 2 aromatic rings. The highest BCUT2D eigenvalue weighted by Crippen LogP contribution is 2.11. The van der Waals surface area contributed by atoms with Crippen molar-refractivity contribution in [2.24, 2.45) is 0 Å². The molecule has 1 aromatic carbocycles. The summed E-state index contributed by atoms with van der Waals surface area (Å²) in [5.74, 6) is 0.202. The summed E-state index contributed by atoms with van der Waals surface area (Å²) in [6.45, 7) is 2.70. The summed E-state index contributed by atoms with van der Waals surface area (Å²) >= 11 is 0. The van der Waals surface area contributed by atoms with Gasteiger partial charge in [0.25, 0.3) is 0 Å². The number of nitrogens with one attached hydrogen (secondary N) is 2. The van der Waals surface area contributed by atoms with Crippen molar-refractivity contribution in [3.63, 3.8) is 0 Å². The SMILES string of the molecule is O=C(CNC(=O)OCc1ccccc1)Nc1cnc(N2CCOCC2)nc1. The van der Waals surface area contributed by atoms with Gasteiger partial charge in [-0.25, -0.2) is 14.8 Å². The van der Waals surface area contributed by atoms with Gasteiger partial charge in [-0.2, -0.15) is 0 Å². The maximum atomic E-state index is 11.9. The van der Waals surface area contributed by atoms with Gasteiger partial charge in [-0.3, -0.25) is 4.79 Å². The molecule has 1 aliphatic rings. The average Bonchev–Trinajstić information content (AvgIpc) is 2.73. The molecule has 3 rings (SSSR count). The van der Waals surface area contributed by atoms with Crippen LogP contribution < -0.4 is 15.5 Å². The lowest BCUT2D eigenvalue weighted by Crippen LogP contribution is -2.37. The standard InChI is InChI=1S/C18H21N5O4/c24-16(12-21-18(25)27-13-14-4-2-1-3-5-14)22-15-10-19-17(20-11-15)23-6-8-26-9-7-23/h1-5,10-11H,6-9,12-13H2,(H,21,25)(H,22,24). The summed E-state index contributed by atoms with van der Waals surface area (Å²) in [7, 11) is 0. The second-order valence-electron chi connectivity index (χ2n) is 5.83. The minimum Gasteiger partial charge on any atom is -0.445 e. The van der Waals surface area contributed by atoms with Crippen molar-refractivity contribution in [2.75, 3.05) is 43.1 Å². The fourth-order valence-electron chi connectivity index (χ4n) is 2.44. The Morgan fingerprint density at radius 2 is 1.81 bits per heavy atom. The van der Waals surface area contributed by atoms with E-state index in [1.165, 1.54) is 12.4 Å². The topological polar surface area (TPSA) is 106 Å². The Balaban J connectivity index is 1.39. The molecule has 27 heavy (non-hydrogen) atoms. The number of morpholine rings is 1. The largest absolute Gasteiger partial charge is 0.445 e. The van der Waals surface area contributed by atoms with Gasteiger partial charge in [0.1, 0.15) is 13.2 Å². The molecular weight excluding hydrogens is 350 g/mol. The first-order valence-corrected chi connectivity index (χ1v) is 8.60. The fourth-order valence-corrected chi connectivity index (χ4v) is 2.44. The van der Waals surface area contributed by atoms with E-state index in [1.807, 2.05) is 35.2 Å². The number of carbonyl (C=O) groups is 2. The highest BCUT2D eigenvalue weighted by Gasteiger charge is 2.14. The normalized spacial score (nSPS) is 13.7. The minimum absolute atomic E-state index is 0.144. The molecule has 9 heteroatoms. The van der Waals surface area contributed by atoms with Crippen LogP contribution in [0.2, 0.25) is 0 Å². The van der Waals surface area contributed by atoms with Crippen LogP contribution in [0.3, 0.4) is 0 Å². The van der Waals surface area contributed by atoms with Gasteiger partial charge in [-0.05, 0) is 5.56 Å². The van der Waals surface area contributed by atoms with Crippen molar-refractivity contribution in [1.82, 2.24) is 15.3 Å². The second-order valence-corrected chi connectivity index (χ2v) is 5.83. The number of ether oxygens (including phenoxy) is 2. The van der Waals surface area contributed by atoms with Crippen LogP contribution in [-0.2, 0) is 20.9 Å². The van der Waals surface area contributed by atoms with E-state index in [-0.39, 0.29) is 13.2 Å². The van der Waals surface area contributed by atoms with Gasteiger partial charge < -0.3 is 25.0 Å². The van der Waals surface area contributed by atoms with Crippen LogP contribution in [0.15, 0.2) is 42.7 Å². The Morgan fingerprint density at radius 1 is 1.11 bits per heavy atom. The zero-order chi connectivity index (χ0) is 18.9. The molecule has 0 aliphatic carbocycles. The van der Waals surface area contributed by atoms with Gasteiger partial charge in [0.15, 0.2) is 0 Å². The van der Waals surface area contributed by atoms with Crippen molar-refractivity contribution < 1.29 is 19.1 Å². The summed E-state index contributed by atoms with van der Waals surface area (Å²) < 4.78 is 10.3. The molecule has 0 atom stereocenters. The van der Waals surface area contributed by atoms with E-state index in [4.69, 9.17) is 9.47 Å². The zero-order valence-corrected chi connectivity index (χ0v) is 14.8. The molecule has 1 aromatic heterocycles. The molecule has 2 N–H and O–H groups in total. The maximum Gasteiger partial charge on any atom is 0.407 e. The number of rotatable bonds is 6. The van der Waals surface area contributed by atoms with Crippen LogP contribution in [0.25, 0.3) is 0 Å². The molecule has 0 radical (unpaired) electrons. The molecule has 9 nitrogen and oxygen atoms in total.